The summed E-state index contributed by atoms with van der Waals surface area (Å²) in [5.74, 6) is -0.229. The SMILES string of the molecule is CCC(CC(=O)O)Cn1nnnc1-c1cncc(Br)c1. The number of nitrogens with zero attached hydrogens (tertiary/aromatic N) is 5. The van der Waals surface area contributed by atoms with Crippen molar-refractivity contribution < 1.29 is 9.90 Å². The molecular formula is C12H14BrN5O2. The molecule has 1 N–H and O–H groups in total. The summed E-state index contributed by atoms with van der Waals surface area (Å²) in [5, 5.41) is 20.5. The molecule has 8 heteroatoms. The Morgan fingerprint density at radius 1 is 1.50 bits per heavy atom. The fraction of sp³-hybridized carbons (Fsp3) is 0.417. The molecule has 2 aromatic rings. The van der Waals surface area contributed by atoms with Gasteiger partial charge in [0.05, 0.1) is 0 Å². The van der Waals surface area contributed by atoms with Crippen LogP contribution >= 0.6 is 15.9 Å². The average Bonchev–Trinajstić information content (AvgIpc) is 2.85. The number of rotatable bonds is 6. The summed E-state index contributed by atoms with van der Waals surface area (Å²) in [5.41, 5.74) is 0.787. The van der Waals surface area contributed by atoms with Crippen molar-refractivity contribution in [2.45, 2.75) is 26.3 Å². The van der Waals surface area contributed by atoms with Crippen LogP contribution in [0.4, 0.5) is 0 Å². The van der Waals surface area contributed by atoms with Crippen molar-refractivity contribution in [3.63, 3.8) is 0 Å². The van der Waals surface area contributed by atoms with E-state index in [1.165, 1.54) is 0 Å². The smallest absolute Gasteiger partial charge is 0.303 e. The highest BCUT2D eigenvalue weighted by Crippen LogP contribution is 2.20. The second kappa shape index (κ2) is 6.56. The standard InChI is InChI=1S/C12H14BrN5O2/c1-2-8(3-11(19)20)7-18-12(15-16-17-18)9-4-10(13)6-14-5-9/h4-6,8H,2-3,7H2,1H3,(H,19,20). The minimum atomic E-state index is -0.810. The first kappa shape index (κ1) is 14.6. The van der Waals surface area contributed by atoms with E-state index in [4.69, 9.17) is 5.11 Å². The molecule has 0 radical (unpaired) electrons. The highest BCUT2D eigenvalue weighted by atomic mass is 79.9. The van der Waals surface area contributed by atoms with E-state index in [1.807, 2.05) is 13.0 Å². The van der Waals surface area contributed by atoms with E-state index in [1.54, 1.807) is 17.1 Å². The molecule has 0 saturated heterocycles. The zero-order valence-electron chi connectivity index (χ0n) is 10.9. The number of hydrogen-bond donors (Lipinski definition) is 1. The minimum absolute atomic E-state index is 0.00476. The summed E-state index contributed by atoms with van der Waals surface area (Å²) in [6.45, 7) is 2.43. The first-order chi connectivity index (χ1) is 9.60. The van der Waals surface area contributed by atoms with Crippen molar-refractivity contribution in [3.05, 3.63) is 22.9 Å². The van der Waals surface area contributed by atoms with E-state index in [-0.39, 0.29) is 12.3 Å². The van der Waals surface area contributed by atoms with Gasteiger partial charge in [-0.05, 0) is 38.3 Å². The Bertz CT molecular complexity index is 601. The van der Waals surface area contributed by atoms with Crippen LogP contribution in [0.5, 0.6) is 0 Å². The Balaban J connectivity index is 2.22. The van der Waals surface area contributed by atoms with Gasteiger partial charge in [0.1, 0.15) is 0 Å². The van der Waals surface area contributed by atoms with Crippen molar-refractivity contribution in [1.29, 1.82) is 0 Å². The number of pyridine rings is 1. The van der Waals surface area contributed by atoms with Gasteiger partial charge in [0.25, 0.3) is 0 Å². The third kappa shape index (κ3) is 3.60. The number of carboxylic acid groups (broad SMARTS) is 1. The molecule has 0 bridgehead atoms. The number of tetrazole rings is 1. The van der Waals surface area contributed by atoms with Gasteiger partial charge in [0.15, 0.2) is 5.82 Å². The zero-order valence-corrected chi connectivity index (χ0v) is 12.5. The third-order valence-corrected chi connectivity index (χ3v) is 3.40. The number of halogens is 1. The molecule has 20 heavy (non-hydrogen) atoms. The first-order valence-corrected chi connectivity index (χ1v) is 6.98. The molecule has 0 spiro atoms. The van der Waals surface area contributed by atoms with Gasteiger partial charge in [-0.1, -0.05) is 13.3 Å². The largest absolute Gasteiger partial charge is 0.481 e. The predicted octanol–water partition coefficient (Wildman–Crippen LogP) is 2.00. The quantitative estimate of drug-likeness (QED) is 0.864. The molecule has 1 unspecified atom stereocenters. The van der Waals surface area contributed by atoms with Crippen LogP contribution in [0.1, 0.15) is 19.8 Å². The van der Waals surface area contributed by atoms with Gasteiger partial charge in [-0.15, -0.1) is 5.10 Å². The van der Waals surface area contributed by atoms with Crippen LogP contribution in [0.2, 0.25) is 0 Å². The summed E-state index contributed by atoms with van der Waals surface area (Å²) in [6, 6.07) is 1.87. The Hall–Kier alpha value is -1.83. The lowest BCUT2D eigenvalue weighted by molar-refractivity contribution is -0.138. The molecule has 106 valence electrons. The van der Waals surface area contributed by atoms with Crippen LogP contribution in [0.25, 0.3) is 11.4 Å². The van der Waals surface area contributed by atoms with E-state index >= 15 is 0 Å². The number of hydrogen-bond acceptors (Lipinski definition) is 5. The van der Waals surface area contributed by atoms with E-state index in [9.17, 15) is 4.79 Å². The van der Waals surface area contributed by atoms with Crippen molar-refractivity contribution in [2.24, 2.45) is 5.92 Å². The molecule has 2 rings (SSSR count). The number of carbonyl (C=O) groups is 1. The Morgan fingerprint density at radius 3 is 2.95 bits per heavy atom. The van der Waals surface area contributed by atoms with Crippen LogP contribution < -0.4 is 0 Å². The molecule has 2 aromatic heterocycles. The van der Waals surface area contributed by atoms with E-state index in [0.29, 0.717) is 12.4 Å². The van der Waals surface area contributed by atoms with E-state index in [0.717, 1.165) is 16.5 Å². The monoisotopic (exact) mass is 339 g/mol. The molecule has 0 saturated carbocycles. The van der Waals surface area contributed by atoms with Crippen molar-refractivity contribution in [3.8, 4) is 11.4 Å². The lowest BCUT2D eigenvalue weighted by Crippen LogP contribution is -2.16. The molecule has 0 aliphatic carbocycles. The van der Waals surface area contributed by atoms with E-state index < -0.39 is 5.97 Å². The molecule has 2 heterocycles. The molecule has 0 fully saturated rings. The summed E-state index contributed by atoms with van der Waals surface area (Å²) < 4.78 is 2.46. The van der Waals surface area contributed by atoms with Crippen molar-refractivity contribution >= 4 is 21.9 Å². The van der Waals surface area contributed by atoms with Crippen LogP contribution in [0.15, 0.2) is 22.9 Å². The first-order valence-electron chi connectivity index (χ1n) is 6.19. The second-order valence-electron chi connectivity index (χ2n) is 4.45. The fourth-order valence-electron chi connectivity index (χ4n) is 1.90. The Labute approximate surface area is 124 Å². The van der Waals surface area contributed by atoms with Crippen molar-refractivity contribution in [2.75, 3.05) is 0 Å². The van der Waals surface area contributed by atoms with Gasteiger partial charge < -0.3 is 5.11 Å². The van der Waals surface area contributed by atoms with Gasteiger partial charge in [0.2, 0.25) is 0 Å². The van der Waals surface area contributed by atoms with Crippen LogP contribution in [-0.4, -0.2) is 36.3 Å². The normalized spacial score (nSPS) is 12.3. The lowest BCUT2D eigenvalue weighted by Gasteiger charge is -2.13. The molecule has 0 amide bonds. The molecule has 1 atom stereocenters. The minimum Gasteiger partial charge on any atom is -0.481 e. The summed E-state index contributed by atoms with van der Waals surface area (Å²) in [4.78, 5) is 14.9. The Kier molecular flexibility index (Phi) is 4.78. The van der Waals surface area contributed by atoms with Crippen LogP contribution in [-0.2, 0) is 11.3 Å². The van der Waals surface area contributed by atoms with Gasteiger partial charge in [-0.2, -0.15) is 0 Å². The average molecular weight is 340 g/mol. The van der Waals surface area contributed by atoms with Gasteiger partial charge in [-0.3, -0.25) is 9.78 Å². The lowest BCUT2D eigenvalue weighted by atomic mass is 10.0. The maximum atomic E-state index is 10.8. The van der Waals surface area contributed by atoms with E-state index in [2.05, 4.69) is 36.4 Å². The van der Waals surface area contributed by atoms with Crippen LogP contribution in [0, 0.1) is 5.92 Å². The molecule has 0 aliphatic rings. The molecular weight excluding hydrogens is 326 g/mol. The fourth-order valence-corrected chi connectivity index (χ4v) is 2.26. The topological polar surface area (TPSA) is 93.8 Å². The number of carboxylic acids is 1. The number of aliphatic carboxylic acids is 1. The summed E-state index contributed by atoms with van der Waals surface area (Å²) >= 11 is 3.35. The predicted molar refractivity (Wildman–Crippen MR) is 74.8 cm³/mol. The highest BCUT2D eigenvalue weighted by molar-refractivity contribution is 9.10. The summed E-state index contributed by atoms with van der Waals surface area (Å²) in [7, 11) is 0. The highest BCUT2D eigenvalue weighted by Gasteiger charge is 2.16. The maximum absolute atomic E-state index is 10.8. The molecule has 7 nitrogen and oxygen atoms in total. The maximum Gasteiger partial charge on any atom is 0.303 e. The second-order valence-corrected chi connectivity index (χ2v) is 5.36. The van der Waals surface area contributed by atoms with Gasteiger partial charge in [0, 0.05) is 35.4 Å². The van der Waals surface area contributed by atoms with Gasteiger partial charge >= 0.3 is 5.97 Å². The zero-order chi connectivity index (χ0) is 14.5. The van der Waals surface area contributed by atoms with Crippen LogP contribution in [0.3, 0.4) is 0 Å². The summed E-state index contributed by atoms with van der Waals surface area (Å²) in [6.07, 6.45) is 4.21. The molecule has 0 aliphatic heterocycles. The van der Waals surface area contributed by atoms with Gasteiger partial charge in [-0.25, -0.2) is 4.68 Å². The third-order valence-electron chi connectivity index (χ3n) is 2.97. The Morgan fingerprint density at radius 2 is 2.30 bits per heavy atom. The van der Waals surface area contributed by atoms with Crippen molar-refractivity contribution in [1.82, 2.24) is 25.2 Å². The molecule has 0 aromatic carbocycles. The number of aromatic nitrogens is 5.